The van der Waals surface area contributed by atoms with Crippen molar-refractivity contribution in [3.8, 4) is 0 Å². The van der Waals surface area contributed by atoms with Crippen LogP contribution in [0.2, 0.25) is 0 Å². The van der Waals surface area contributed by atoms with Gasteiger partial charge in [0.25, 0.3) is 0 Å². The average molecular weight is 240 g/mol. The second-order valence-electron chi connectivity index (χ2n) is 5.96. The molecule has 1 rings (SSSR count). The predicted octanol–water partition coefficient (Wildman–Crippen LogP) is 2.30. The van der Waals surface area contributed by atoms with Crippen molar-refractivity contribution in [1.29, 1.82) is 0 Å². The van der Waals surface area contributed by atoms with Crippen molar-refractivity contribution in [3.05, 3.63) is 0 Å². The summed E-state index contributed by atoms with van der Waals surface area (Å²) in [5.74, 6) is 1.31. The summed E-state index contributed by atoms with van der Waals surface area (Å²) in [4.78, 5) is 12.2. The standard InChI is InChI=1S/C14H28N2O/c1-5-13(9(2)3)16-14(17)11-8-10(4)6-7-12(11)15/h9-13H,5-8,15H2,1-4H3,(H,16,17). The van der Waals surface area contributed by atoms with E-state index in [1.54, 1.807) is 0 Å². The lowest BCUT2D eigenvalue weighted by molar-refractivity contribution is -0.128. The van der Waals surface area contributed by atoms with Crippen LogP contribution in [0.1, 0.15) is 53.4 Å². The van der Waals surface area contributed by atoms with E-state index < -0.39 is 0 Å². The van der Waals surface area contributed by atoms with Crippen LogP contribution in [0.3, 0.4) is 0 Å². The van der Waals surface area contributed by atoms with Crippen molar-refractivity contribution in [3.63, 3.8) is 0 Å². The Balaban J connectivity index is 2.56. The number of carbonyl (C=O) groups excluding carboxylic acids is 1. The Labute approximate surface area is 106 Å². The normalized spacial score (nSPS) is 31.3. The lowest BCUT2D eigenvalue weighted by Crippen LogP contribution is -2.49. The number of amides is 1. The molecule has 1 fully saturated rings. The highest BCUT2D eigenvalue weighted by atomic mass is 16.2. The molecule has 0 aliphatic heterocycles. The van der Waals surface area contributed by atoms with Gasteiger partial charge >= 0.3 is 0 Å². The molecule has 3 heteroatoms. The van der Waals surface area contributed by atoms with Crippen LogP contribution in [0.15, 0.2) is 0 Å². The lowest BCUT2D eigenvalue weighted by Gasteiger charge is -2.33. The maximum atomic E-state index is 12.2. The first kappa shape index (κ1) is 14.5. The molecule has 0 aromatic carbocycles. The monoisotopic (exact) mass is 240 g/mol. The third-order valence-electron chi connectivity index (χ3n) is 4.07. The number of rotatable bonds is 4. The summed E-state index contributed by atoms with van der Waals surface area (Å²) < 4.78 is 0. The molecule has 3 N–H and O–H groups in total. The van der Waals surface area contributed by atoms with Crippen LogP contribution in [-0.4, -0.2) is 18.0 Å². The molecule has 1 aliphatic rings. The fourth-order valence-electron chi connectivity index (χ4n) is 2.74. The molecule has 0 bridgehead atoms. The highest BCUT2D eigenvalue weighted by molar-refractivity contribution is 5.79. The van der Waals surface area contributed by atoms with Gasteiger partial charge in [0.1, 0.15) is 0 Å². The Morgan fingerprint density at radius 1 is 1.41 bits per heavy atom. The fraction of sp³-hybridized carbons (Fsp3) is 0.929. The zero-order chi connectivity index (χ0) is 13.0. The second-order valence-corrected chi connectivity index (χ2v) is 5.96. The van der Waals surface area contributed by atoms with Crippen molar-refractivity contribution in [2.75, 3.05) is 0 Å². The van der Waals surface area contributed by atoms with E-state index in [9.17, 15) is 4.79 Å². The highest BCUT2D eigenvalue weighted by Crippen LogP contribution is 2.28. The molecule has 4 unspecified atom stereocenters. The molecule has 0 aromatic heterocycles. The van der Waals surface area contributed by atoms with E-state index in [-0.39, 0.29) is 23.9 Å². The van der Waals surface area contributed by atoms with Gasteiger partial charge in [0.05, 0.1) is 5.92 Å². The number of nitrogens with one attached hydrogen (secondary N) is 1. The van der Waals surface area contributed by atoms with Crippen molar-refractivity contribution in [2.24, 2.45) is 23.5 Å². The van der Waals surface area contributed by atoms with Gasteiger partial charge in [-0.2, -0.15) is 0 Å². The predicted molar refractivity (Wildman–Crippen MR) is 71.5 cm³/mol. The molecule has 1 saturated carbocycles. The van der Waals surface area contributed by atoms with E-state index in [0.717, 1.165) is 25.7 Å². The van der Waals surface area contributed by atoms with Gasteiger partial charge in [0, 0.05) is 12.1 Å². The quantitative estimate of drug-likeness (QED) is 0.792. The van der Waals surface area contributed by atoms with Crippen molar-refractivity contribution in [2.45, 2.75) is 65.5 Å². The number of carbonyl (C=O) groups is 1. The summed E-state index contributed by atoms with van der Waals surface area (Å²) in [6.07, 6.45) is 4.08. The largest absolute Gasteiger partial charge is 0.353 e. The first-order valence-electron chi connectivity index (χ1n) is 7.01. The third-order valence-corrected chi connectivity index (χ3v) is 4.07. The molecule has 0 spiro atoms. The Hall–Kier alpha value is -0.570. The zero-order valence-corrected chi connectivity index (χ0v) is 11.7. The molecule has 0 saturated heterocycles. The van der Waals surface area contributed by atoms with Gasteiger partial charge in [-0.05, 0) is 37.5 Å². The molecule has 4 atom stereocenters. The lowest BCUT2D eigenvalue weighted by atomic mass is 9.78. The summed E-state index contributed by atoms with van der Waals surface area (Å²) >= 11 is 0. The molecular formula is C14H28N2O. The smallest absolute Gasteiger partial charge is 0.224 e. The summed E-state index contributed by atoms with van der Waals surface area (Å²) in [6, 6.07) is 0.336. The minimum Gasteiger partial charge on any atom is -0.353 e. The third kappa shape index (κ3) is 3.98. The van der Waals surface area contributed by atoms with Crippen LogP contribution in [0.4, 0.5) is 0 Å². The molecule has 0 heterocycles. The van der Waals surface area contributed by atoms with Gasteiger partial charge in [-0.1, -0.05) is 27.7 Å². The first-order chi connectivity index (χ1) is 7.95. The summed E-state index contributed by atoms with van der Waals surface area (Å²) in [7, 11) is 0. The summed E-state index contributed by atoms with van der Waals surface area (Å²) in [5.41, 5.74) is 6.07. The van der Waals surface area contributed by atoms with Crippen LogP contribution in [0.25, 0.3) is 0 Å². The van der Waals surface area contributed by atoms with E-state index in [2.05, 4.69) is 33.0 Å². The van der Waals surface area contributed by atoms with E-state index in [1.807, 2.05) is 0 Å². The van der Waals surface area contributed by atoms with Gasteiger partial charge in [0.2, 0.25) is 5.91 Å². The van der Waals surface area contributed by atoms with Gasteiger partial charge in [-0.15, -0.1) is 0 Å². The summed E-state index contributed by atoms with van der Waals surface area (Å²) in [6.45, 7) is 8.63. The zero-order valence-electron chi connectivity index (χ0n) is 11.7. The Kier molecular flexibility index (Phi) is 5.44. The summed E-state index contributed by atoms with van der Waals surface area (Å²) in [5, 5.41) is 3.17. The molecule has 100 valence electrons. The molecule has 0 radical (unpaired) electrons. The highest BCUT2D eigenvalue weighted by Gasteiger charge is 2.32. The fourth-order valence-corrected chi connectivity index (χ4v) is 2.74. The van der Waals surface area contributed by atoms with Crippen LogP contribution >= 0.6 is 0 Å². The van der Waals surface area contributed by atoms with E-state index >= 15 is 0 Å². The number of hydrogen-bond acceptors (Lipinski definition) is 2. The van der Waals surface area contributed by atoms with E-state index in [0.29, 0.717) is 11.8 Å². The molecule has 0 aromatic rings. The molecular weight excluding hydrogens is 212 g/mol. The second kappa shape index (κ2) is 6.39. The van der Waals surface area contributed by atoms with Crippen LogP contribution < -0.4 is 11.1 Å². The average Bonchev–Trinajstić information content (AvgIpc) is 2.28. The Morgan fingerprint density at radius 2 is 2.06 bits per heavy atom. The Bertz CT molecular complexity index is 253. The minimum absolute atomic E-state index is 0.0200. The van der Waals surface area contributed by atoms with Crippen LogP contribution in [0.5, 0.6) is 0 Å². The molecule has 1 amide bonds. The van der Waals surface area contributed by atoms with Gasteiger partial charge < -0.3 is 11.1 Å². The van der Waals surface area contributed by atoms with Gasteiger partial charge in [0.15, 0.2) is 0 Å². The van der Waals surface area contributed by atoms with E-state index in [4.69, 9.17) is 5.73 Å². The minimum atomic E-state index is 0.0200. The van der Waals surface area contributed by atoms with Crippen molar-refractivity contribution >= 4 is 5.91 Å². The van der Waals surface area contributed by atoms with Crippen molar-refractivity contribution in [1.82, 2.24) is 5.32 Å². The van der Waals surface area contributed by atoms with Gasteiger partial charge in [-0.25, -0.2) is 0 Å². The van der Waals surface area contributed by atoms with Crippen LogP contribution in [0, 0.1) is 17.8 Å². The maximum Gasteiger partial charge on any atom is 0.224 e. The first-order valence-corrected chi connectivity index (χ1v) is 7.01. The Morgan fingerprint density at radius 3 is 2.59 bits per heavy atom. The van der Waals surface area contributed by atoms with Crippen molar-refractivity contribution < 1.29 is 4.79 Å². The molecule has 1 aliphatic carbocycles. The molecule has 3 nitrogen and oxygen atoms in total. The maximum absolute atomic E-state index is 12.2. The SMILES string of the molecule is CCC(NC(=O)C1CC(C)CCC1N)C(C)C. The topological polar surface area (TPSA) is 55.1 Å². The number of hydrogen-bond donors (Lipinski definition) is 2. The van der Waals surface area contributed by atoms with E-state index in [1.165, 1.54) is 0 Å². The van der Waals surface area contributed by atoms with Gasteiger partial charge in [-0.3, -0.25) is 4.79 Å². The number of nitrogens with two attached hydrogens (primary N) is 1. The van der Waals surface area contributed by atoms with Crippen LogP contribution in [-0.2, 0) is 4.79 Å². The molecule has 17 heavy (non-hydrogen) atoms.